The second kappa shape index (κ2) is 6.21. The molecule has 0 bridgehead atoms. The van der Waals surface area contributed by atoms with Crippen LogP contribution in [-0.4, -0.2) is 39.1 Å². The third kappa shape index (κ3) is 3.46. The molecule has 0 aliphatic rings. The summed E-state index contributed by atoms with van der Waals surface area (Å²) in [5, 5.41) is 0.543. The average molecular weight is 289 g/mol. The average Bonchev–Trinajstić information content (AvgIpc) is 2.25. The number of rotatable bonds is 5. The maximum atomic E-state index is 13.5. The lowest BCUT2D eigenvalue weighted by atomic mass is 10.1. The molecule has 0 aliphatic heterocycles. The molecule has 0 aromatic heterocycles. The standard InChI is InChI=1S/C12H18BrFN2/c1-15(2)7-8-16(3)12-6-4-5-11(14)10(12)9-13/h4-6H,7-9H2,1-3H3. The minimum atomic E-state index is -0.147. The monoisotopic (exact) mass is 288 g/mol. The van der Waals surface area contributed by atoms with E-state index >= 15 is 0 Å². The van der Waals surface area contributed by atoms with Crippen LogP contribution >= 0.6 is 15.9 Å². The molecule has 0 radical (unpaired) electrons. The van der Waals surface area contributed by atoms with E-state index in [9.17, 15) is 4.39 Å². The molecule has 0 atom stereocenters. The van der Waals surface area contributed by atoms with Crippen molar-refractivity contribution in [2.24, 2.45) is 0 Å². The Morgan fingerprint density at radius 3 is 2.44 bits per heavy atom. The predicted molar refractivity (Wildman–Crippen MR) is 70.9 cm³/mol. The Balaban J connectivity index is 2.82. The van der Waals surface area contributed by atoms with E-state index in [2.05, 4.69) is 25.7 Å². The second-order valence-electron chi connectivity index (χ2n) is 4.10. The first-order valence-electron chi connectivity index (χ1n) is 5.25. The Labute approximate surface area is 105 Å². The first kappa shape index (κ1) is 13.5. The fourth-order valence-corrected chi connectivity index (χ4v) is 2.06. The van der Waals surface area contributed by atoms with Crippen LogP contribution in [0.25, 0.3) is 0 Å². The summed E-state index contributed by atoms with van der Waals surface area (Å²) in [6, 6.07) is 5.21. The Morgan fingerprint density at radius 1 is 1.19 bits per heavy atom. The number of alkyl halides is 1. The molecule has 0 heterocycles. The highest BCUT2D eigenvalue weighted by Gasteiger charge is 2.10. The van der Waals surface area contributed by atoms with Crippen LogP contribution in [0, 0.1) is 5.82 Å². The lowest BCUT2D eigenvalue weighted by Crippen LogP contribution is -2.29. The van der Waals surface area contributed by atoms with Gasteiger partial charge in [-0.25, -0.2) is 4.39 Å². The quantitative estimate of drug-likeness (QED) is 0.769. The molecule has 0 fully saturated rings. The van der Waals surface area contributed by atoms with Gasteiger partial charge >= 0.3 is 0 Å². The van der Waals surface area contributed by atoms with Crippen molar-refractivity contribution in [2.75, 3.05) is 39.1 Å². The fourth-order valence-electron chi connectivity index (χ4n) is 1.51. The van der Waals surface area contributed by atoms with Crippen LogP contribution in [0.4, 0.5) is 10.1 Å². The Morgan fingerprint density at radius 2 is 1.88 bits per heavy atom. The van der Waals surface area contributed by atoms with Crippen molar-refractivity contribution in [1.82, 2.24) is 4.90 Å². The number of hydrogen-bond acceptors (Lipinski definition) is 2. The number of nitrogens with zero attached hydrogens (tertiary/aromatic N) is 2. The molecular weight excluding hydrogens is 271 g/mol. The molecule has 4 heteroatoms. The SMILES string of the molecule is CN(C)CCN(C)c1cccc(F)c1CBr. The van der Waals surface area contributed by atoms with Gasteiger partial charge in [0.05, 0.1) is 0 Å². The molecule has 16 heavy (non-hydrogen) atoms. The van der Waals surface area contributed by atoms with Gasteiger partial charge in [0.25, 0.3) is 0 Å². The molecule has 0 N–H and O–H groups in total. The zero-order valence-corrected chi connectivity index (χ0v) is 11.6. The van der Waals surface area contributed by atoms with Crippen LogP contribution in [0.5, 0.6) is 0 Å². The van der Waals surface area contributed by atoms with Crippen LogP contribution in [-0.2, 0) is 5.33 Å². The zero-order chi connectivity index (χ0) is 12.1. The first-order chi connectivity index (χ1) is 7.56. The smallest absolute Gasteiger partial charge is 0.129 e. The Bertz CT molecular complexity index is 342. The molecule has 1 aromatic carbocycles. The molecule has 2 nitrogen and oxygen atoms in total. The summed E-state index contributed by atoms with van der Waals surface area (Å²) in [7, 11) is 6.06. The van der Waals surface area contributed by atoms with E-state index in [1.807, 2.05) is 27.2 Å². The third-order valence-corrected chi connectivity index (χ3v) is 3.08. The van der Waals surface area contributed by atoms with Crippen molar-refractivity contribution in [1.29, 1.82) is 0 Å². The van der Waals surface area contributed by atoms with Crippen LogP contribution in [0.2, 0.25) is 0 Å². The molecule has 0 saturated carbocycles. The van der Waals surface area contributed by atoms with Crippen LogP contribution in [0.1, 0.15) is 5.56 Å². The van der Waals surface area contributed by atoms with Crippen molar-refractivity contribution < 1.29 is 4.39 Å². The zero-order valence-electron chi connectivity index (χ0n) is 10.0. The minimum absolute atomic E-state index is 0.147. The van der Waals surface area contributed by atoms with Gasteiger partial charge < -0.3 is 9.80 Å². The van der Waals surface area contributed by atoms with Gasteiger partial charge in [0.15, 0.2) is 0 Å². The first-order valence-corrected chi connectivity index (χ1v) is 6.37. The van der Waals surface area contributed by atoms with E-state index in [1.54, 1.807) is 6.07 Å². The number of halogens is 2. The molecule has 0 amide bonds. The van der Waals surface area contributed by atoms with Gasteiger partial charge in [-0.15, -0.1) is 0 Å². The summed E-state index contributed by atoms with van der Waals surface area (Å²) in [6.07, 6.45) is 0. The fraction of sp³-hybridized carbons (Fsp3) is 0.500. The lowest BCUT2D eigenvalue weighted by Gasteiger charge is -2.23. The van der Waals surface area contributed by atoms with Crippen molar-refractivity contribution >= 4 is 21.6 Å². The summed E-state index contributed by atoms with van der Waals surface area (Å²) in [6.45, 7) is 1.84. The maximum absolute atomic E-state index is 13.5. The van der Waals surface area contributed by atoms with Crippen molar-refractivity contribution in [2.45, 2.75) is 5.33 Å². The molecule has 0 aliphatic carbocycles. The van der Waals surface area contributed by atoms with E-state index in [4.69, 9.17) is 0 Å². The molecule has 90 valence electrons. The van der Waals surface area contributed by atoms with Gasteiger partial charge in [0, 0.05) is 36.7 Å². The van der Waals surface area contributed by atoms with Gasteiger partial charge in [-0.2, -0.15) is 0 Å². The van der Waals surface area contributed by atoms with Crippen molar-refractivity contribution in [3.8, 4) is 0 Å². The normalized spacial score (nSPS) is 10.9. The number of anilines is 1. The molecule has 0 unspecified atom stereocenters. The predicted octanol–water partition coefficient (Wildman–Crippen LogP) is 2.72. The van der Waals surface area contributed by atoms with Crippen LogP contribution < -0.4 is 4.90 Å². The van der Waals surface area contributed by atoms with Crippen molar-refractivity contribution in [3.05, 3.63) is 29.6 Å². The minimum Gasteiger partial charge on any atom is -0.373 e. The molecule has 0 saturated heterocycles. The number of benzene rings is 1. The summed E-state index contributed by atoms with van der Waals surface area (Å²) in [5.74, 6) is -0.147. The highest BCUT2D eigenvalue weighted by Crippen LogP contribution is 2.24. The summed E-state index contributed by atoms with van der Waals surface area (Å²) in [4.78, 5) is 4.20. The van der Waals surface area contributed by atoms with Crippen LogP contribution in [0.15, 0.2) is 18.2 Å². The third-order valence-electron chi connectivity index (χ3n) is 2.52. The van der Waals surface area contributed by atoms with E-state index in [1.165, 1.54) is 6.07 Å². The molecular formula is C12H18BrFN2. The van der Waals surface area contributed by atoms with E-state index < -0.39 is 0 Å². The summed E-state index contributed by atoms with van der Waals surface area (Å²) >= 11 is 3.33. The van der Waals surface area contributed by atoms with Gasteiger partial charge in [-0.3, -0.25) is 0 Å². The van der Waals surface area contributed by atoms with Crippen molar-refractivity contribution in [3.63, 3.8) is 0 Å². The van der Waals surface area contributed by atoms with Gasteiger partial charge in [-0.05, 0) is 26.2 Å². The second-order valence-corrected chi connectivity index (χ2v) is 4.66. The molecule has 1 rings (SSSR count). The Hall–Kier alpha value is -0.610. The maximum Gasteiger partial charge on any atom is 0.129 e. The highest BCUT2D eigenvalue weighted by atomic mass is 79.9. The number of hydrogen-bond donors (Lipinski definition) is 0. The van der Waals surface area contributed by atoms with Gasteiger partial charge in [0.2, 0.25) is 0 Å². The highest BCUT2D eigenvalue weighted by molar-refractivity contribution is 9.08. The van der Waals surface area contributed by atoms with Gasteiger partial charge in [0.1, 0.15) is 5.82 Å². The Kier molecular flexibility index (Phi) is 5.22. The van der Waals surface area contributed by atoms with E-state index in [-0.39, 0.29) is 5.82 Å². The lowest BCUT2D eigenvalue weighted by molar-refractivity contribution is 0.416. The number of likely N-dealkylation sites (N-methyl/N-ethyl adjacent to an activating group) is 2. The molecule has 0 spiro atoms. The summed E-state index contributed by atoms with van der Waals surface area (Å²) in [5.41, 5.74) is 1.68. The van der Waals surface area contributed by atoms with Crippen LogP contribution in [0.3, 0.4) is 0 Å². The largest absolute Gasteiger partial charge is 0.373 e. The van der Waals surface area contributed by atoms with Gasteiger partial charge in [-0.1, -0.05) is 22.0 Å². The van der Waals surface area contributed by atoms with E-state index in [0.717, 1.165) is 24.3 Å². The molecule has 1 aromatic rings. The summed E-state index contributed by atoms with van der Waals surface area (Å²) < 4.78 is 13.5. The van der Waals surface area contributed by atoms with E-state index in [0.29, 0.717) is 5.33 Å². The topological polar surface area (TPSA) is 6.48 Å².